The first kappa shape index (κ1) is 10.3. The largest absolute Gasteiger partial charge is 0.478 e. The molecule has 0 atom stereocenters. The molecular formula is C12H8O4. The van der Waals surface area contributed by atoms with Crippen LogP contribution in [-0.4, -0.2) is 22.6 Å². The minimum atomic E-state index is -1.37. The number of hydrogen-bond acceptors (Lipinski definition) is 3. The highest BCUT2D eigenvalue weighted by atomic mass is 16.4. The van der Waals surface area contributed by atoms with Crippen LogP contribution in [0.2, 0.25) is 0 Å². The molecule has 0 spiro atoms. The maximum Gasteiger partial charge on any atom is 0.339 e. The fourth-order valence-electron chi connectivity index (χ4n) is 1.64. The molecule has 0 fully saturated rings. The van der Waals surface area contributed by atoms with Gasteiger partial charge in [-0.15, -0.1) is 0 Å². The summed E-state index contributed by atoms with van der Waals surface area (Å²) in [5, 5.41) is 8.77. The lowest BCUT2D eigenvalue weighted by Crippen LogP contribution is -2.21. The molecule has 0 heterocycles. The minimum Gasteiger partial charge on any atom is -0.478 e. The van der Waals surface area contributed by atoms with Crippen molar-refractivity contribution in [3.8, 4) is 0 Å². The van der Waals surface area contributed by atoms with Crippen LogP contribution in [0.15, 0.2) is 29.8 Å². The zero-order chi connectivity index (χ0) is 11.9. The van der Waals surface area contributed by atoms with Crippen LogP contribution in [0, 0.1) is 6.92 Å². The number of ketones is 2. The second kappa shape index (κ2) is 3.41. The van der Waals surface area contributed by atoms with Crippen molar-refractivity contribution in [3.63, 3.8) is 0 Å². The molecule has 4 heteroatoms. The lowest BCUT2D eigenvalue weighted by molar-refractivity contribution is -0.132. The van der Waals surface area contributed by atoms with Gasteiger partial charge in [0.15, 0.2) is 5.78 Å². The van der Waals surface area contributed by atoms with Gasteiger partial charge in [-0.3, -0.25) is 9.59 Å². The van der Waals surface area contributed by atoms with E-state index in [1.165, 1.54) is 6.07 Å². The van der Waals surface area contributed by atoms with Gasteiger partial charge in [0, 0.05) is 17.2 Å². The molecule has 80 valence electrons. The number of fused-ring (bicyclic) bond motifs is 1. The first-order valence-electron chi connectivity index (χ1n) is 4.65. The zero-order valence-electron chi connectivity index (χ0n) is 8.48. The van der Waals surface area contributed by atoms with Crippen molar-refractivity contribution in [3.05, 3.63) is 46.5 Å². The number of aryl methyl sites for hydroxylation is 1. The highest BCUT2D eigenvalue weighted by Gasteiger charge is 2.29. The summed E-state index contributed by atoms with van der Waals surface area (Å²) in [6.07, 6.45) is 0.881. The van der Waals surface area contributed by atoms with E-state index in [4.69, 9.17) is 5.11 Å². The molecule has 0 aromatic heterocycles. The maximum absolute atomic E-state index is 11.7. The number of carbonyl (C=O) groups excluding carboxylic acids is 2. The maximum atomic E-state index is 11.7. The van der Waals surface area contributed by atoms with E-state index in [0.717, 1.165) is 11.6 Å². The van der Waals surface area contributed by atoms with Gasteiger partial charge in [-0.25, -0.2) is 4.79 Å². The number of carboxylic acids is 1. The monoisotopic (exact) mass is 216 g/mol. The van der Waals surface area contributed by atoms with Crippen molar-refractivity contribution >= 4 is 17.5 Å². The first-order chi connectivity index (χ1) is 7.50. The summed E-state index contributed by atoms with van der Waals surface area (Å²) in [4.78, 5) is 34.1. The van der Waals surface area contributed by atoms with Crippen LogP contribution in [0.1, 0.15) is 26.3 Å². The Hall–Kier alpha value is -2.23. The normalized spacial score (nSPS) is 14.4. The van der Waals surface area contributed by atoms with Gasteiger partial charge in [-0.2, -0.15) is 0 Å². The number of rotatable bonds is 1. The third-order valence-electron chi connectivity index (χ3n) is 2.44. The Kier molecular flexibility index (Phi) is 2.20. The van der Waals surface area contributed by atoms with Crippen molar-refractivity contribution < 1.29 is 19.5 Å². The second-order valence-corrected chi connectivity index (χ2v) is 3.61. The summed E-state index contributed by atoms with van der Waals surface area (Å²) in [5.41, 5.74) is 0.818. The van der Waals surface area contributed by atoms with E-state index in [9.17, 15) is 14.4 Å². The van der Waals surface area contributed by atoms with Gasteiger partial charge < -0.3 is 5.11 Å². The molecule has 0 unspecified atom stereocenters. The lowest BCUT2D eigenvalue weighted by atomic mass is 9.88. The van der Waals surface area contributed by atoms with Crippen molar-refractivity contribution in [2.24, 2.45) is 0 Å². The van der Waals surface area contributed by atoms with Gasteiger partial charge in [0.05, 0.1) is 0 Å². The number of hydrogen-bond donors (Lipinski definition) is 1. The van der Waals surface area contributed by atoms with Gasteiger partial charge in [-0.1, -0.05) is 17.7 Å². The Labute approximate surface area is 91.2 Å². The van der Waals surface area contributed by atoms with Crippen LogP contribution in [0.4, 0.5) is 0 Å². The van der Waals surface area contributed by atoms with Crippen molar-refractivity contribution in [1.82, 2.24) is 0 Å². The molecule has 1 N–H and O–H groups in total. The molecule has 0 amide bonds. The summed E-state index contributed by atoms with van der Waals surface area (Å²) in [5.74, 6) is -2.41. The topological polar surface area (TPSA) is 71.4 Å². The third-order valence-corrected chi connectivity index (χ3v) is 2.44. The Morgan fingerprint density at radius 1 is 1.19 bits per heavy atom. The van der Waals surface area contributed by atoms with Crippen LogP contribution >= 0.6 is 0 Å². The average molecular weight is 216 g/mol. The van der Waals surface area contributed by atoms with E-state index in [-0.39, 0.29) is 11.1 Å². The third kappa shape index (κ3) is 1.44. The molecule has 0 aliphatic heterocycles. The fourth-order valence-corrected chi connectivity index (χ4v) is 1.64. The van der Waals surface area contributed by atoms with E-state index < -0.39 is 23.1 Å². The van der Waals surface area contributed by atoms with Gasteiger partial charge >= 0.3 is 5.97 Å². The van der Waals surface area contributed by atoms with E-state index >= 15 is 0 Å². The number of allylic oxidation sites excluding steroid dienone is 1. The first-order valence-corrected chi connectivity index (χ1v) is 4.65. The molecule has 1 aromatic carbocycles. The Morgan fingerprint density at radius 2 is 1.88 bits per heavy atom. The molecule has 1 aliphatic rings. The molecule has 16 heavy (non-hydrogen) atoms. The van der Waals surface area contributed by atoms with Crippen LogP contribution in [0.25, 0.3) is 0 Å². The van der Waals surface area contributed by atoms with Crippen molar-refractivity contribution in [2.75, 3.05) is 0 Å². The molecule has 0 saturated carbocycles. The predicted molar refractivity (Wildman–Crippen MR) is 55.6 cm³/mol. The van der Waals surface area contributed by atoms with Crippen LogP contribution < -0.4 is 0 Å². The van der Waals surface area contributed by atoms with Crippen LogP contribution in [0.5, 0.6) is 0 Å². The SMILES string of the molecule is Cc1ccc2c(c1)C(=O)C=C(C(=O)O)C2=O. The van der Waals surface area contributed by atoms with Crippen molar-refractivity contribution in [1.29, 1.82) is 0 Å². The summed E-state index contributed by atoms with van der Waals surface area (Å²) >= 11 is 0. The minimum absolute atomic E-state index is 0.163. The molecule has 0 bridgehead atoms. The standard InChI is InChI=1S/C12H8O4/c1-6-2-3-7-8(4-6)10(13)5-9(11(7)14)12(15)16/h2-5H,1H3,(H,15,16). The summed E-state index contributed by atoms with van der Waals surface area (Å²) in [7, 11) is 0. The summed E-state index contributed by atoms with van der Waals surface area (Å²) in [6, 6.07) is 4.75. The molecule has 2 rings (SSSR count). The molecule has 4 nitrogen and oxygen atoms in total. The fraction of sp³-hybridized carbons (Fsp3) is 0.0833. The highest BCUT2D eigenvalue weighted by Crippen LogP contribution is 2.22. The molecule has 1 aromatic rings. The Bertz CT molecular complexity index is 552. The lowest BCUT2D eigenvalue weighted by Gasteiger charge is -2.12. The van der Waals surface area contributed by atoms with Crippen LogP contribution in [0.3, 0.4) is 0 Å². The number of benzene rings is 1. The smallest absolute Gasteiger partial charge is 0.339 e. The number of carboxylic acid groups (broad SMARTS) is 1. The summed E-state index contributed by atoms with van der Waals surface area (Å²) in [6.45, 7) is 1.80. The Balaban J connectivity index is 2.64. The van der Waals surface area contributed by atoms with E-state index in [1.54, 1.807) is 19.1 Å². The number of aliphatic carboxylic acids is 1. The number of Topliss-reactive ketones (excluding diaryl/α,β-unsaturated/α-hetero) is 1. The summed E-state index contributed by atoms with van der Waals surface area (Å²) < 4.78 is 0. The molecule has 1 aliphatic carbocycles. The van der Waals surface area contributed by atoms with E-state index in [1.807, 2.05) is 0 Å². The van der Waals surface area contributed by atoms with E-state index in [2.05, 4.69) is 0 Å². The second-order valence-electron chi connectivity index (χ2n) is 3.61. The molecule has 0 saturated heterocycles. The van der Waals surface area contributed by atoms with Crippen molar-refractivity contribution in [2.45, 2.75) is 6.92 Å². The van der Waals surface area contributed by atoms with E-state index in [0.29, 0.717) is 0 Å². The molecule has 0 radical (unpaired) electrons. The van der Waals surface area contributed by atoms with Gasteiger partial charge in [0.2, 0.25) is 5.78 Å². The Morgan fingerprint density at radius 3 is 2.50 bits per heavy atom. The van der Waals surface area contributed by atoms with Gasteiger partial charge in [0.25, 0.3) is 0 Å². The average Bonchev–Trinajstić information content (AvgIpc) is 2.22. The number of carbonyl (C=O) groups is 3. The highest BCUT2D eigenvalue weighted by molar-refractivity contribution is 6.33. The van der Waals surface area contributed by atoms with Gasteiger partial charge in [0.1, 0.15) is 5.57 Å². The molecular weight excluding hydrogens is 208 g/mol. The van der Waals surface area contributed by atoms with Gasteiger partial charge in [-0.05, 0) is 13.0 Å². The zero-order valence-corrected chi connectivity index (χ0v) is 8.48. The predicted octanol–water partition coefficient (Wildman–Crippen LogP) is 1.39. The van der Waals surface area contributed by atoms with Crippen LogP contribution in [-0.2, 0) is 4.79 Å². The quantitative estimate of drug-likeness (QED) is 0.720.